The Hall–Kier alpha value is -2.13. The van der Waals surface area contributed by atoms with Gasteiger partial charge >= 0.3 is 0 Å². The summed E-state index contributed by atoms with van der Waals surface area (Å²) in [6.45, 7) is 5.16. The fourth-order valence-electron chi connectivity index (χ4n) is 5.55. The van der Waals surface area contributed by atoms with E-state index in [-0.39, 0.29) is 17.8 Å². The standard InChI is InChI=1S/C27H29Cl2FN4O2S/c1-15(19-5-4-18(28)11-20(19)29)31-23-21(30)6-7-22-24(23)37-26(32-22)34-13-17(14-34)16-3-2-10-33(12-16)25(35)27(36)8-9-27/h4-7,11,15-17,31,36H,2-3,8-10,12-14H2,1H3/t15-,16+/m1/s1. The summed E-state index contributed by atoms with van der Waals surface area (Å²) in [6, 6.07) is 8.26. The van der Waals surface area contributed by atoms with Crippen LogP contribution in [0.4, 0.5) is 15.2 Å². The molecular weight excluding hydrogens is 534 g/mol. The summed E-state index contributed by atoms with van der Waals surface area (Å²) in [7, 11) is 0. The van der Waals surface area contributed by atoms with Gasteiger partial charge in [-0.25, -0.2) is 9.37 Å². The van der Waals surface area contributed by atoms with Crippen molar-refractivity contribution < 1.29 is 14.3 Å². The minimum absolute atomic E-state index is 0.0873. The molecule has 6 nitrogen and oxygen atoms in total. The van der Waals surface area contributed by atoms with E-state index in [1.807, 2.05) is 17.9 Å². The number of likely N-dealkylation sites (tertiary alicyclic amines) is 1. The number of nitrogens with one attached hydrogen (secondary N) is 1. The Morgan fingerprint density at radius 2 is 2.00 bits per heavy atom. The van der Waals surface area contributed by atoms with E-state index < -0.39 is 5.60 Å². The van der Waals surface area contributed by atoms with Gasteiger partial charge in [-0.2, -0.15) is 0 Å². The molecule has 3 heterocycles. The van der Waals surface area contributed by atoms with Gasteiger partial charge in [0.1, 0.15) is 11.4 Å². The quantitative estimate of drug-likeness (QED) is 0.379. The first-order chi connectivity index (χ1) is 17.7. The Morgan fingerprint density at radius 1 is 1.22 bits per heavy atom. The van der Waals surface area contributed by atoms with Crippen molar-refractivity contribution in [2.45, 2.75) is 44.2 Å². The van der Waals surface area contributed by atoms with Crippen LogP contribution in [0.15, 0.2) is 30.3 Å². The number of hydrogen-bond donors (Lipinski definition) is 2. The van der Waals surface area contributed by atoms with Crippen molar-refractivity contribution in [1.82, 2.24) is 9.88 Å². The van der Waals surface area contributed by atoms with Crippen LogP contribution in [0.2, 0.25) is 10.0 Å². The predicted octanol–water partition coefficient (Wildman–Crippen LogP) is 6.12. The van der Waals surface area contributed by atoms with Crippen LogP contribution in [0.5, 0.6) is 0 Å². The fraction of sp³-hybridized carbons (Fsp3) is 0.481. The molecule has 0 radical (unpaired) electrons. The topological polar surface area (TPSA) is 68.7 Å². The number of benzene rings is 2. The first-order valence-electron chi connectivity index (χ1n) is 12.8. The number of anilines is 2. The first kappa shape index (κ1) is 25.2. The molecule has 0 spiro atoms. The molecule has 1 aromatic heterocycles. The van der Waals surface area contributed by atoms with Gasteiger partial charge in [-0.15, -0.1) is 0 Å². The second-order valence-corrected chi connectivity index (χ2v) is 12.5. The van der Waals surface area contributed by atoms with Crippen LogP contribution >= 0.6 is 34.5 Å². The van der Waals surface area contributed by atoms with Crippen molar-refractivity contribution in [1.29, 1.82) is 0 Å². The molecule has 0 bridgehead atoms. The zero-order valence-electron chi connectivity index (χ0n) is 20.5. The van der Waals surface area contributed by atoms with Crippen LogP contribution < -0.4 is 10.2 Å². The average Bonchev–Trinajstić information content (AvgIpc) is 3.45. The van der Waals surface area contributed by atoms with Crippen LogP contribution in [0.1, 0.15) is 44.2 Å². The number of thiazole rings is 1. The summed E-state index contributed by atoms with van der Waals surface area (Å²) in [5.74, 6) is 0.504. The minimum atomic E-state index is -1.09. The van der Waals surface area contributed by atoms with Crippen LogP contribution in [0.3, 0.4) is 0 Å². The fourth-order valence-corrected chi connectivity index (χ4v) is 7.20. The predicted molar refractivity (Wildman–Crippen MR) is 147 cm³/mol. The normalized spacial score (nSPS) is 22.1. The van der Waals surface area contributed by atoms with Crippen LogP contribution in [-0.2, 0) is 4.79 Å². The molecule has 196 valence electrons. The molecule has 2 atom stereocenters. The van der Waals surface area contributed by atoms with Gasteiger partial charge in [-0.1, -0.05) is 40.6 Å². The second-order valence-electron chi connectivity index (χ2n) is 10.6. The number of hydrogen-bond acceptors (Lipinski definition) is 6. The molecule has 3 fully saturated rings. The molecule has 1 aliphatic carbocycles. The summed E-state index contributed by atoms with van der Waals surface area (Å²) >= 11 is 13.9. The third-order valence-electron chi connectivity index (χ3n) is 8.00. The van der Waals surface area contributed by atoms with E-state index in [0.29, 0.717) is 40.4 Å². The molecule has 6 rings (SSSR count). The van der Waals surface area contributed by atoms with Crippen molar-refractivity contribution in [3.8, 4) is 0 Å². The number of amides is 1. The van der Waals surface area contributed by atoms with Gasteiger partial charge in [-0.3, -0.25) is 4.79 Å². The average molecular weight is 564 g/mol. The first-order valence-corrected chi connectivity index (χ1v) is 14.4. The van der Waals surface area contributed by atoms with Crippen LogP contribution in [0, 0.1) is 17.7 Å². The van der Waals surface area contributed by atoms with E-state index >= 15 is 0 Å². The molecule has 2 aromatic carbocycles. The maximum Gasteiger partial charge on any atom is 0.254 e. The Kier molecular flexibility index (Phi) is 6.50. The van der Waals surface area contributed by atoms with E-state index in [2.05, 4.69) is 10.2 Å². The van der Waals surface area contributed by atoms with Gasteiger partial charge in [0.05, 0.1) is 21.9 Å². The van der Waals surface area contributed by atoms with Gasteiger partial charge in [0.25, 0.3) is 5.91 Å². The third-order valence-corrected chi connectivity index (χ3v) is 9.71. The SMILES string of the molecule is C[C@@H](Nc1c(F)ccc2nc(N3CC([C@H]4CCCN(C(=O)C5(O)CC5)C4)C3)sc12)c1ccc(Cl)cc1Cl. The maximum atomic E-state index is 15.0. The zero-order chi connectivity index (χ0) is 25.9. The molecule has 2 aliphatic heterocycles. The molecule has 1 saturated carbocycles. The summed E-state index contributed by atoms with van der Waals surface area (Å²) < 4.78 is 15.7. The number of fused-ring (bicyclic) bond motifs is 1. The highest BCUT2D eigenvalue weighted by molar-refractivity contribution is 7.22. The largest absolute Gasteiger partial charge is 0.380 e. The summed E-state index contributed by atoms with van der Waals surface area (Å²) in [5.41, 5.74) is 0.933. The van der Waals surface area contributed by atoms with Crippen LogP contribution in [-0.4, -0.2) is 52.7 Å². The molecule has 2 N–H and O–H groups in total. The maximum absolute atomic E-state index is 15.0. The molecule has 10 heteroatoms. The summed E-state index contributed by atoms with van der Waals surface area (Å²) in [5, 5.41) is 15.5. The number of halogens is 3. The highest BCUT2D eigenvalue weighted by Crippen LogP contribution is 2.42. The van der Waals surface area contributed by atoms with E-state index in [0.717, 1.165) is 59.9 Å². The number of carbonyl (C=O) groups is 1. The lowest BCUT2D eigenvalue weighted by molar-refractivity contribution is -0.144. The number of rotatable bonds is 6. The molecule has 2 saturated heterocycles. The molecule has 37 heavy (non-hydrogen) atoms. The second kappa shape index (κ2) is 9.56. The van der Waals surface area contributed by atoms with Crippen molar-refractivity contribution in [3.63, 3.8) is 0 Å². The monoisotopic (exact) mass is 562 g/mol. The molecular formula is C27H29Cl2FN4O2S. The van der Waals surface area contributed by atoms with Gasteiger partial charge in [-0.05, 0) is 74.3 Å². The van der Waals surface area contributed by atoms with E-state index in [9.17, 15) is 14.3 Å². The lowest BCUT2D eigenvalue weighted by atomic mass is 9.80. The highest BCUT2D eigenvalue weighted by Gasteiger charge is 2.51. The Labute approximate surface area is 229 Å². The third kappa shape index (κ3) is 4.78. The lowest BCUT2D eigenvalue weighted by Crippen LogP contribution is -2.55. The van der Waals surface area contributed by atoms with Crippen molar-refractivity contribution in [2.75, 3.05) is 36.4 Å². The minimum Gasteiger partial charge on any atom is -0.380 e. The molecule has 0 unspecified atom stereocenters. The van der Waals surface area contributed by atoms with Crippen LogP contribution in [0.25, 0.3) is 10.2 Å². The van der Waals surface area contributed by atoms with Crippen molar-refractivity contribution in [2.24, 2.45) is 11.8 Å². The number of aromatic nitrogens is 1. The van der Waals surface area contributed by atoms with E-state index in [4.69, 9.17) is 28.2 Å². The number of piperidine rings is 1. The van der Waals surface area contributed by atoms with E-state index in [1.165, 1.54) is 17.4 Å². The van der Waals surface area contributed by atoms with Crippen molar-refractivity contribution in [3.05, 3.63) is 51.8 Å². The Bertz CT molecular complexity index is 1360. The zero-order valence-corrected chi connectivity index (χ0v) is 22.8. The number of carbonyl (C=O) groups excluding carboxylic acids is 1. The lowest BCUT2D eigenvalue weighted by Gasteiger charge is -2.46. The molecule has 1 amide bonds. The van der Waals surface area contributed by atoms with Gasteiger partial charge in [0.15, 0.2) is 5.13 Å². The van der Waals surface area contributed by atoms with Gasteiger partial charge < -0.3 is 20.2 Å². The molecule has 3 aromatic rings. The van der Waals surface area contributed by atoms with Gasteiger partial charge in [0.2, 0.25) is 0 Å². The summed E-state index contributed by atoms with van der Waals surface area (Å²) in [4.78, 5) is 21.5. The summed E-state index contributed by atoms with van der Waals surface area (Å²) in [6.07, 6.45) is 3.26. The highest BCUT2D eigenvalue weighted by atomic mass is 35.5. The number of aliphatic hydroxyl groups is 1. The Morgan fingerprint density at radius 3 is 2.73 bits per heavy atom. The van der Waals surface area contributed by atoms with E-state index in [1.54, 1.807) is 18.2 Å². The smallest absolute Gasteiger partial charge is 0.254 e. The van der Waals surface area contributed by atoms with Gasteiger partial charge in [0, 0.05) is 36.2 Å². The number of nitrogens with zero attached hydrogens (tertiary/aromatic N) is 3. The Balaban J connectivity index is 1.15. The van der Waals surface area contributed by atoms with Crippen molar-refractivity contribution >= 4 is 61.5 Å². The molecule has 3 aliphatic rings.